The van der Waals surface area contributed by atoms with Gasteiger partial charge in [0, 0.05) is 12.1 Å². The molecular formula is C14H16N4O4. The third-order valence-electron chi connectivity index (χ3n) is 3.82. The fourth-order valence-electron chi connectivity index (χ4n) is 2.55. The van der Waals surface area contributed by atoms with Crippen LogP contribution in [0.25, 0.3) is 0 Å². The molecule has 8 nitrogen and oxygen atoms in total. The van der Waals surface area contributed by atoms with E-state index in [2.05, 4.69) is 10.1 Å². The minimum absolute atomic E-state index is 0.0127. The van der Waals surface area contributed by atoms with Gasteiger partial charge < -0.3 is 15.0 Å². The first-order valence-corrected chi connectivity index (χ1v) is 7.06. The van der Waals surface area contributed by atoms with Gasteiger partial charge in [-0.3, -0.25) is 10.1 Å². The molecular weight excluding hydrogens is 288 g/mol. The van der Waals surface area contributed by atoms with E-state index >= 15 is 0 Å². The minimum atomic E-state index is -0.491. The highest BCUT2D eigenvalue weighted by molar-refractivity contribution is 5.35. The Morgan fingerprint density at radius 1 is 1.32 bits per heavy atom. The summed E-state index contributed by atoms with van der Waals surface area (Å²) in [5, 5.41) is 14.5. The molecule has 0 amide bonds. The standard InChI is InChI=1S/C14H16N4O4/c15-14(7-1-2-8-14)13-16-12(22-17-13)9-21-11-5-3-10(4-6-11)18(19)20/h3-6H,1-2,7-9,15H2. The molecule has 1 saturated carbocycles. The van der Waals surface area contributed by atoms with Crippen LogP contribution in [0.1, 0.15) is 37.4 Å². The van der Waals surface area contributed by atoms with Crippen LogP contribution in [0.4, 0.5) is 5.69 Å². The number of nitro groups is 1. The van der Waals surface area contributed by atoms with Crippen molar-refractivity contribution < 1.29 is 14.2 Å². The molecule has 0 saturated heterocycles. The lowest BCUT2D eigenvalue weighted by atomic mass is 9.99. The summed E-state index contributed by atoms with van der Waals surface area (Å²) in [6, 6.07) is 5.80. The fraction of sp³-hybridized carbons (Fsp3) is 0.429. The monoisotopic (exact) mass is 304 g/mol. The van der Waals surface area contributed by atoms with Crippen LogP contribution in [0.5, 0.6) is 5.75 Å². The number of nitrogens with two attached hydrogens (primary N) is 1. The van der Waals surface area contributed by atoms with E-state index in [-0.39, 0.29) is 12.3 Å². The highest BCUT2D eigenvalue weighted by atomic mass is 16.6. The molecule has 2 N–H and O–H groups in total. The molecule has 1 aliphatic rings. The molecule has 3 rings (SSSR count). The van der Waals surface area contributed by atoms with E-state index in [1.54, 1.807) is 0 Å². The van der Waals surface area contributed by atoms with Crippen LogP contribution < -0.4 is 10.5 Å². The van der Waals surface area contributed by atoms with E-state index in [4.69, 9.17) is 15.0 Å². The first kappa shape index (κ1) is 14.5. The maximum absolute atomic E-state index is 10.6. The Bertz CT molecular complexity index is 662. The summed E-state index contributed by atoms with van der Waals surface area (Å²) in [7, 11) is 0. The Morgan fingerprint density at radius 2 is 2.00 bits per heavy atom. The second-order valence-corrected chi connectivity index (χ2v) is 5.41. The average Bonchev–Trinajstić information content (AvgIpc) is 3.15. The number of nitro benzene ring substituents is 1. The third kappa shape index (κ3) is 2.91. The Hall–Kier alpha value is -2.48. The summed E-state index contributed by atoms with van der Waals surface area (Å²) in [6.45, 7) is 0.0981. The summed E-state index contributed by atoms with van der Waals surface area (Å²) in [6.07, 6.45) is 3.85. The lowest BCUT2D eigenvalue weighted by Gasteiger charge is -2.17. The molecule has 0 spiro atoms. The average molecular weight is 304 g/mol. The quantitative estimate of drug-likeness (QED) is 0.665. The molecule has 2 aromatic rings. The van der Waals surface area contributed by atoms with Gasteiger partial charge in [-0.25, -0.2) is 0 Å². The van der Waals surface area contributed by atoms with Gasteiger partial charge in [0.1, 0.15) is 5.75 Å². The zero-order valence-corrected chi connectivity index (χ0v) is 11.9. The van der Waals surface area contributed by atoms with Crippen LogP contribution in [0.3, 0.4) is 0 Å². The molecule has 0 radical (unpaired) electrons. The van der Waals surface area contributed by atoms with Crippen molar-refractivity contribution in [3.8, 4) is 5.75 Å². The van der Waals surface area contributed by atoms with E-state index in [9.17, 15) is 10.1 Å². The normalized spacial score (nSPS) is 16.6. The summed E-state index contributed by atoms with van der Waals surface area (Å²) in [5.74, 6) is 1.35. The van der Waals surface area contributed by atoms with Crippen molar-refractivity contribution >= 4 is 5.69 Å². The van der Waals surface area contributed by atoms with Crippen molar-refractivity contribution in [2.75, 3.05) is 0 Å². The van der Waals surface area contributed by atoms with E-state index in [0.29, 0.717) is 17.5 Å². The van der Waals surface area contributed by atoms with Crippen molar-refractivity contribution in [3.05, 3.63) is 46.1 Å². The fourth-order valence-corrected chi connectivity index (χ4v) is 2.55. The maximum Gasteiger partial charge on any atom is 0.269 e. The van der Waals surface area contributed by atoms with Crippen molar-refractivity contribution in [2.24, 2.45) is 5.73 Å². The van der Waals surface area contributed by atoms with Gasteiger partial charge >= 0.3 is 0 Å². The molecule has 8 heteroatoms. The first-order chi connectivity index (χ1) is 10.6. The van der Waals surface area contributed by atoms with Crippen molar-refractivity contribution in [2.45, 2.75) is 37.8 Å². The summed E-state index contributed by atoms with van der Waals surface area (Å²) >= 11 is 0. The van der Waals surface area contributed by atoms with Gasteiger partial charge in [-0.2, -0.15) is 4.98 Å². The van der Waals surface area contributed by atoms with Crippen LogP contribution in [-0.2, 0) is 12.1 Å². The number of nitrogens with zero attached hydrogens (tertiary/aromatic N) is 3. The predicted molar refractivity (Wildman–Crippen MR) is 76.1 cm³/mol. The summed E-state index contributed by atoms with van der Waals surface area (Å²) < 4.78 is 10.6. The highest BCUT2D eigenvalue weighted by Crippen LogP contribution is 2.34. The predicted octanol–water partition coefficient (Wildman–Crippen LogP) is 2.28. The molecule has 1 aliphatic carbocycles. The van der Waals surface area contributed by atoms with Gasteiger partial charge in [0.2, 0.25) is 0 Å². The zero-order valence-electron chi connectivity index (χ0n) is 11.9. The van der Waals surface area contributed by atoms with Crippen LogP contribution >= 0.6 is 0 Å². The third-order valence-corrected chi connectivity index (χ3v) is 3.82. The molecule has 1 fully saturated rings. The number of aromatic nitrogens is 2. The van der Waals surface area contributed by atoms with Gasteiger partial charge in [0.05, 0.1) is 10.5 Å². The van der Waals surface area contributed by atoms with Gasteiger partial charge in [0.15, 0.2) is 12.4 Å². The van der Waals surface area contributed by atoms with Crippen molar-refractivity contribution in [3.63, 3.8) is 0 Å². The molecule has 1 aromatic heterocycles. The molecule has 22 heavy (non-hydrogen) atoms. The van der Waals surface area contributed by atoms with Crippen LogP contribution in [0.15, 0.2) is 28.8 Å². The number of rotatable bonds is 5. The molecule has 0 bridgehead atoms. The Balaban J connectivity index is 1.62. The number of hydrogen-bond acceptors (Lipinski definition) is 7. The van der Waals surface area contributed by atoms with E-state index < -0.39 is 10.5 Å². The van der Waals surface area contributed by atoms with E-state index in [1.807, 2.05) is 0 Å². The summed E-state index contributed by atoms with van der Waals surface area (Å²) in [4.78, 5) is 14.4. The number of non-ortho nitro benzene ring substituents is 1. The molecule has 1 heterocycles. The van der Waals surface area contributed by atoms with Gasteiger partial charge in [-0.15, -0.1) is 0 Å². The number of benzene rings is 1. The molecule has 0 unspecified atom stereocenters. The Labute approximate surface area is 126 Å². The molecule has 0 atom stereocenters. The van der Waals surface area contributed by atoms with E-state index in [1.165, 1.54) is 24.3 Å². The van der Waals surface area contributed by atoms with Gasteiger partial charge in [-0.05, 0) is 25.0 Å². The zero-order chi connectivity index (χ0) is 15.6. The van der Waals surface area contributed by atoms with E-state index in [0.717, 1.165) is 25.7 Å². The van der Waals surface area contributed by atoms with Crippen molar-refractivity contribution in [1.29, 1.82) is 0 Å². The SMILES string of the molecule is NC1(c2noc(COc3ccc([N+](=O)[O-])cc3)n2)CCCC1. The van der Waals surface area contributed by atoms with Gasteiger partial charge in [-0.1, -0.05) is 18.0 Å². The molecule has 116 valence electrons. The molecule has 0 aliphatic heterocycles. The topological polar surface area (TPSA) is 117 Å². The second kappa shape index (κ2) is 5.72. The molecule has 1 aromatic carbocycles. The highest BCUT2D eigenvalue weighted by Gasteiger charge is 2.35. The number of ether oxygens (including phenoxy) is 1. The van der Waals surface area contributed by atoms with Crippen LogP contribution in [0, 0.1) is 10.1 Å². The van der Waals surface area contributed by atoms with Crippen LogP contribution in [0.2, 0.25) is 0 Å². The summed E-state index contributed by atoms with van der Waals surface area (Å²) in [5.41, 5.74) is 5.78. The Kier molecular flexibility index (Phi) is 3.76. The lowest BCUT2D eigenvalue weighted by molar-refractivity contribution is -0.384. The lowest BCUT2D eigenvalue weighted by Crippen LogP contribution is -2.34. The van der Waals surface area contributed by atoms with Gasteiger partial charge in [0.25, 0.3) is 11.6 Å². The van der Waals surface area contributed by atoms with Crippen LogP contribution in [-0.4, -0.2) is 15.1 Å². The largest absolute Gasteiger partial charge is 0.484 e. The first-order valence-electron chi connectivity index (χ1n) is 7.06. The second-order valence-electron chi connectivity index (χ2n) is 5.41. The smallest absolute Gasteiger partial charge is 0.269 e. The number of hydrogen-bond donors (Lipinski definition) is 1. The van der Waals surface area contributed by atoms with Crippen molar-refractivity contribution in [1.82, 2.24) is 10.1 Å². The minimum Gasteiger partial charge on any atom is -0.484 e. The maximum atomic E-state index is 10.6. The Morgan fingerprint density at radius 3 is 2.64 bits per heavy atom.